The molecular weight excluding hydrogens is 222 g/mol. The summed E-state index contributed by atoms with van der Waals surface area (Å²) >= 11 is 3.17. The SMILES string of the molecule is CN([SH2+])c1cccc(OC(F)F)c1C#N. The van der Waals surface area contributed by atoms with Crippen LogP contribution in [-0.4, -0.2) is 13.7 Å². The monoisotopic (exact) mass is 231 g/mol. The lowest BCUT2D eigenvalue weighted by atomic mass is 10.2. The van der Waals surface area contributed by atoms with Gasteiger partial charge in [0, 0.05) is 0 Å². The van der Waals surface area contributed by atoms with E-state index in [1.807, 2.05) is 6.07 Å². The average Bonchev–Trinajstić information content (AvgIpc) is 2.16. The zero-order valence-electron chi connectivity index (χ0n) is 7.87. The molecule has 1 aromatic rings. The van der Waals surface area contributed by atoms with Crippen LogP contribution in [0.5, 0.6) is 5.75 Å². The smallest absolute Gasteiger partial charge is 0.387 e. The van der Waals surface area contributed by atoms with Gasteiger partial charge in [0.1, 0.15) is 23.1 Å². The first-order chi connectivity index (χ1) is 7.06. The number of halogens is 2. The molecule has 0 radical (unpaired) electrons. The number of nitrogens with zero attached hydrogens (tertiary/aromatic N) is 2. The van der Waals surface area contributed by atoms with Crippen molar-refractivity contribution < 1.29 is 13.5 Å². The summed E-state index contributed by atoms with van der Waals surface area (Å²) in [6.45, 7) is -2.94. The van der Waals surface area contributed by atoms with Crippen molar-refractivity contribution in [2.45, 2.75) is 6.61 Å². The second-order valence-electron chi connectivity index (χ2n) is 2.70. The molecule has 80 valence electrons. The molecule has 3 nitrogen and oxygen atoms in total. The van der Waals surface area contributed by atoms with Crippen molar-refractivity contribution >= 4 is 18.5 Å². The van der Waals surface area contributed by atoms with Gasteiger partial charge in [0.2, 0.25) is 0 Å². The largest absolute Gasteiger partial charge is 0.433 e. The first-order valence-corrected chi connectivity index (χ1v) is 4.44. The highest BCUT2D eigenvalue weighted by molar-refractivity contribution is 7.60. The van der Waals surface area contributed by atoms with E-state index in [9.17, 15) is 8.78 Å². The Morgan fingerprint density at radius 1 is 1.53 bits per heavy atom. The number of benzene rings is 1. The summed E-state index contributed by atoms with van der Waals surface area (Å²) in [5.41, 5.74) is 0.530. The molecule has 0 atom stereocenters. The lowest BCUT2D eigenvalue weighted by Crippen LogP contribution is -2.10. The molecule has 0 heterocycles. The van der Waals surface area contributed by atoms with Crippen molar-refractivity contribution in [2.75, 3.05) is 11.4 Å². The fourth-order valence-electron chi connectivity index (χ4n) is 1.11. The molecule has 0 unspecified atom stereocenters. The molecule has 0 aliphatic rings. The van der Waals surface area contributed by atoms with E-state index in [1.165, 1.54) is 16.4 Å². The van der Waals surface area contributed by atoms with Gasteiger partial charge in [0.05, 0.1) is 19.9 Å². The molecule has 0 amide bonds. The number of anilines is 1. The van der Waals surface area contributed by atoms with E-state index in [-0.39, 0.29) is 11.3 Å². The van der Waals surface area contributed by atoms with E-state index in [0.717, 1.165) is 0 Å². The van der Waals surface area contributed by atoms with E-state index in [1.54, 1.807) is 13.1 Å². The Bertz CT molecular complexity index is 390. The second-order valence-corrected chi connectivity index (χ2v) is 3.37. The fraction of sp³-hybridized carbons (Fsp3) is 0.222. The van der Waals surface area contributed by atoms with Gasteiger partial charge in [0.25, 0.3) is 0 Å². The maximum absolute atomic E-state index is 12.0. The van der Waals surface area contributed by atoms with E-state index in [0.29, 0.717) is 5.69 Å². The molecule has 0 aliphatic heterocycles. The molecule has 0 fully saturated rings. The van der Waals surface area contributed by atoms with E-state index in [4.69, 9.17) is 5.26 Å². The summed E-state index contributed by atoms with van der Waals surface area (Å²) in [5, 5.41) is 8.84. The molecule has 6 heteroatoms. The molecule has 0 saturated heterocycles. The van der Waals surface area contributed by atoms with Crippen LogP contribution in [0.25, 0.3) is 0 Å². The molecule has 1 rings (SSSR count). The molecule has 1 aromatic carbocycles. The van der Waals surface area contributed by atoms with Crippen LogP contribution < -0.4 is 9.04 Å². The van der Waals surface area contributed by atoms with Gasteiger partial charge in [-0.1, -0.05) is 6.07 Å². The Balaban J connectivity index is 3.18. The van der Waals surface area contributed by atoms with Crippen LogP contribution in [0.2, 0.25) is 0 Å². The molecular formula is C9H9F2N2OS+. The normalized spacial score (nSPS) is 9.87. The molecule has 0 aliphatic carbocycles. The number of alkyl halides is 2. The molecule has 0 bridgehead atoms. The maximum atomic E-state index is 12.0. The van der Waals surface area contributed by atoms with Gasteiger partial charge in [-0.15, -0.1) is 0 Å². The van der Waals surface area contributed by atoms with Gasteiger partial charge in [0.15, 0.2) is 0 Å². The van der Waals surface area contributed by atoms with Crippen LogP contribution in [0.4, 0.5) is 14.5 Å². The van der Waals surface area contributed by atoms with Gasteiger partial charge >= 0.3 is 6.61 Å². The van der Waals surface area contributed by atoms with Crippen molar-refractivity contribution in [2.24, 2.45) is 0 Å². The quantitative estimate of drug-likeness (QED) is 0.740. The summed E-state index contributed by atoms with van der Waals surface area (Å²) in [6, 6.07) is 6.29. The van der Waals surface area contributed by atoms with Crippen molar-refractivity contribution in [3.05, 3.63) is 23.8 Å². The van der Waals surface area contributed by atoms with Crippen LogP contribution in [0.3, 0.4) is 0 Å². The standard InChI is InChI=1S/C9H8F2N2OS/c1-13(15)7-3-2-4-8(6(7)5-12)14-9(10)11/h2-4,9,15H,1H3/p+1. The zero-order chi connectivity index (χ0) is 11.4. The molecule has 0 N–H and O–H groups in total. The van der Waals surface area contributed by atoms with Gasteiger partial charge in [-0.3, -0.25) is 0 Å². The maximum Gasteiger partial charge on any atom is 0.387 e. The van der Waals surface area contributed by atoms with Gasteiger partial charge in [-0.05, 0) is 12.1 Å². The number of hydrogen-bond donors (Lipinski definition) is 0. The van der Waals surface area contributed by atoms with E-state index >= 15 is 0 Å². The third kappa shape index (κ3) is 2.73. The Hall–Kier alpha value is -1.48. The summed E-state index contributed by atoms with van der Waals surface area (Å²) in [6.07, 6.45) is 0. The minimum absolute atomic E-state index is 0.0651. The average molecular weight is 231 g/mol. The highest BCUT2D eigenvalue weighted by Crippen LogP contribution is 2.28. The Kier molecular flexibility index (Phi) is 3.74. The van der Waals surface area contributed by atoms with Crippen LogP contribution in [-0.2, 0) is 12.8 Å². The van der Waals surface area contributed by atoms with Crippen molar-refractivity contribution in [3.63, 3.8) is 0 Å². The van der Waals surface area contributed by atoms with E-state index in [2.05, 4.69) is 17.6 Å². The summed E-state index contributed by atoms with van der Waals surface area (Å²) in [5.74, 6) is -0.130. The van der Waals surface area contributed by atoms with Crippen LogP contribution in [0.1, 0.15) is 5.56 Å². The van der Waals surface area contributed by atoms with Crippen LogP contribution in [0.15, 0.2) is 18.2 Å². The number of nitriles is 1. The third-order valence-corrected chi connectivity index (χ3v) is 1.93. The predicted molar refractivity (Wildman–Crippen MR) is 56.3 cm³/mol. The number of ether oxygens (including phenoxy) is 1. The minimum Gasteiger partial charge on any atom is -0.433 e. The minimum atomic E-state index is -2.94. The molecule has 0 aromatic heterocycles. The third-order valence-electron chi connectivity index (χ3n) is 1.69. The lowest BCUT2D eigenvalue weighted by Gasteiger charge is -2.11. The lowest BCUT2D eigenvalue weighted by molar-refractivity contribution is -0.0499. The van der Waals surface area contributed by atoms with Gasteiger partial charge in [-0.25, -0.2) is 4.31 Å². The van der Waals surface area contributed by atoms with Crippen molar-refractivity contribution in [3.8, 4) is 11.8 Å². The highest BCUT2D eigenvalue weighted by atomic mass is 32.1. The Morgan fingerprint density at radius 3 is 2.67 bits per heavy atom. The Labute approximate surface area is 91.4 Å². The van der Waals surface area contributed by atoms with Crippen LogP contribution in [0, 0.1) is 11.3 Å². The first kappa shape index (κ1) is 11.6. The van der Waals surface area contributed by atoms with Gasteiger partial charge < -0.3 is 4.74 Å². The summed E-state index contributed by atoms with van der Waals surface area (Å²) in [4.78, 5) is 0. The van der Waals surface area contributed by atoms with Crippen molar-refractivity contribution in [1.82, 2.24) is 0 Å². The zero-order valence-corrected chi connectivity index (χ0v) is 8.87. The summed E-state index contributed by atoms with van der Waals surface area (Å²) < 4.78 is 29.7. The fourth-order valence-corrected chi connectivity index (χ4v) is 1.29. The first-order valence-electron chi connectivity index (χ1n) is 3.99. The number of hydrogen-bond acceptors (Lipinski definition) is 3. The molecule has 0 spiro atoms. The topological polar surface area (TPSA) is 36.3 Å². The Morgan fingerprint density at radius 2 is 2.20 bits per heavy atom. The second kappa shape index (κ2) is 4.84. The van der Waals surface area contributed by atoms with E-state index < -0.39 is 6.61 Å². The van der Waals surface area contributed by atoms with Crippen LogP contribution >= 0.6 is 0 Å². The number of rotatable bonds is 3. The predicted octanol–water partition coefficient (Wildman–Crippen LogP) is 1.52. The summed E-state index contributed by atoms with van der Waals surface area (Å²) in [7, 11) is 1.64. The highest BCUT2D eigenvalue weighted by Gasteiger charge is 2.15. The van der Waals surface area contributed by atoms with Crippen molar-refractivity contribution in [1.29, 1.82) is 5.26 Å². The molecule has 15 heavy (non-hydrogen) atoms. The van der Waals surface area contributed by atoms with Gasteiger partial charge in [-0.2, -0.15) is 14.0 Å². The molecule has 0 saturated carbocycles.